The quantitative estimate of drug-likeness (QED) is 0.677. The van der Waals surface area contributed by atoms with Crippen LogP contribution in [-0.2, 0) is 18.7 Å². The van der Waals surface area contributed by atoms with E-state index < -0.39 is 0 Å². The summed E-state index contributed by atoms with van der Waals surface area (Å²) < 4.78 is 15.2. The Labute approximate surface area is 165 Å². The van der Waals surface area contributed by atoms with Gasteiger partial charge in [-0.25, -0.2) is 19.0 Å². The molecule has 3 aromatic rings. The first-order chi connectivity index (χ1) is 13.7. The van der Waals surface area contributed by atoms with Crippen molar-refractivity contribution in [3.05, 3.63) is 58.0 Å². The molecule has 4 heterocycles. The lowest BCUT2D eigenvalue weighted by Crippen LogP contribution is -2.38. The lowest BCUT2D eigenvalue weighted by molar-refractivity contribution is 0.480. The van der Waals surface area contributed by atoms with E-state index in [9.17, 15) is 9.18 Å². The normalized spacial score (nSPS) is 19.2. The average molecular weight is 397 g/mol. The minimum atomic E-state index is -0.307. The Hall–Kier alpha value is -2.48. The maximum atomic E-state index is 13.6. The number of aromatic nitrogens is 4. The number of halogens is 1. The van der Waals surface area contributed by atoms with Crippen LogP contribution in [0.3, 0.4) is 0 Å². The maximum absolute atomic E-state index is 13.6. The molecule has 28 heavy (non-hydrogen) atoms. The molecular weight excluding hydrogens is 377 g/mol. The highest BCUT2D eigenvalue weighted by molar-refractivity contribution is 7.98. The molecule has 0 amide bonds. The summed E-state index contributed by atoms with van der Waals surface area (Å²) in [5, 5.41) is 5.49. The minimum absolute atomic E-state index is 0.0392. The molecule has 1 unspecified atom stereocenters. The van der Waals surface area contributed by atoms with Gasteiger partial charge >= 0.3 is 0 Å². The van der Waals surface area contributed by atoms with Crippen molar-refractivity contribution in [1.82, 2.24) is 19.7 Å². The Morgan fingerprint density at radius 2 is 2.18 bits per heavy atom. The van der Waals surface area contributed by atoms with Crippen LogP contribution < -0.4 is 10.5 Å². The largest absolute Gasteiger partial charge is 0.351 e. The van der Waals surface area contributed by atoms with Crippen molar-refractivity contribution >= 4 is 28.5 Å². The zero-order chi connectivity index (χ0) is 19.1. The molecule has 5 rings (SSSR count). The van der Waals surface area contributed by atoms with E-state index in [0.717, 1.165) is 59.8 Å². The highest BCUT2D eigenvalue weighted by Crippen LogP contribution is 2.30. The molecule has 1 atom stereocenters. The second kappa shape index (κ2) is 7.16. The topological polar surface area (TPSA) is 63.9 Å². The molecule has 2 aliphatic rings. The molecule has 1 fully saturated rings. The van der Waals surface area contributed by atoms with E-state index in [0.29, 0.717) is 12.1 Å². The number of thioether (sulfide) groups is 1. The van der Waals surface area contributed by atoms with Gasteiger partial charge in [0.15, 0.2) is 0 Å². The highest BCUT2D eigenvalue weighted by atomic mass is 32.2. The summed E-state index contributed by atoms with van der Waals surface area (Å²) in [4.78, 5) is 23.5. The predicted octanol–water partition coefficient (Wildman–Crippen LogP) is 2.78. The second-order valence-corrected chi connectivity index (χ2v) is 8.39. The lowest BCUT2D eigenvalue weighted by atomic mass is 10.1. The van der Waals surface area contributed by atoms with Gasteiger partial charge in [-0.05, 0) is 36.3 Å². The number of anilines is 1. The first-order valence-electron chi connectivity index (χ1n) is 9.53. The maximum Gasteiger partial charge on any atom is 0.267 e. The van der Waals surface area contributed by atoms with E-state index >= 15 is 0 Å². The van der Waals surface area contributed by atoms with Crippen molar-refractivity contribution in [2.24, 2.45) is 0 Å². The smallest absolute Gasteiger partial charge is 0.267 e. The molecule has 1 saturated heterocycles. The van der Waals surface area contributed by atoms with Gasteiger partial charge in [0.05, 0.1) is 23.8 Å². The molecular formula is C20H20FN5OS. The van der Waals surface area contributed by atoms with Crippen molar-refractivity contribution in [2.75, 3.05) is 17.2 Å². The van der Waals surface area contributed by atoms with E-state index in [1.165, 1.54) is 18.5 Å². The molecule has 0 spiro atoms. The molecule has 2 aromatic heterocycles. The van der Waals surface area contributed by atoms with Gasteiger partial charge in [0, 0.05) is 36.2 Å². The molecule has 0 N–H and O–H groups in total. The molecule has 0 saturated carbocycles. The third-order valence-corrected chi connectivity index (χ3v) is 6.52. The molecule has 0 radical (unpaired) electrons. The second-order valence-electron chi connectivity index (χ2n) is 7.29. The number of rotatable bonds is 3. The van der Waals surface area contributed by atoms with Crippen LogP contribution in [0, 0.1) is 5.82 Å². The van der Waals surface area contributed by atoms with E-state index in [-0.39, 0.29) is 17.4 Å². The number of hydrogen-bond donors (Lipinski definition) is 0. The van der Waals surface area contributed by atoms with Crippen LogP contribution >= 0.6 is 11.8 Å². The number of fused-ring (bicyclic) bond motifs is 2. The zero-order valence-electron chi connectivity index (χ0n) is 15.3. The molecule has 144 valence electrons. The summed E-state index contributed by atoms with van der Waals surface area (Å²) in [6.07, 6.45) is 4.38. The molecule has 8 heteroatoms. The van der Waals surface area contributed by atoms with Crippen molar-refractivity contribution in [2.45, 2.75) is 37.6 Å². The summed E-state index contributed by atoms with van der Waals surface area (Å²) in [6.45, 7) is 1.39. The van der Waals surface area contributed by atoms with Gasteiger partial charge in [-0.15, -0.1) is 0 Å². The summed E-state index contributed by atoms with van der Waals surface area (Å²) in [6, 6.07) is 6.48. The number of hydrogen-bond acceptors (Lipinski definition) is 6. The van der Waals surface area contributed by atoms with Crippen LogP contribution in [0.15, 0.2) is 35.4 Å². The Morgan fingerprint density at radius 1 is 1.25 bits per heavy atom. The predicted molar refractivity (Wildman–Crippen MR) is 108 cm³/mol. The van der Waals surface area contributed by atoms with E-state index in [1.807, 2.05) is 11.8 Å². The van der Waals surface area contributed by atoms with Crippen LogP contribution in [0.2, 0.25) is 0 Å². The Balaban J connectivity index is 1.48. The fourth-order valence-electron chi connectivity index (χ4n) is 4.13. The van der Waals surface area contributed by atoms with Gasteiger partial charge in [-0.1, -0.05) is 0 Å². The molecule has 0 bridgehead atoms. The summed E-state index contributed by atoms with van der Waals surface area (Å²) in [5.74, 6) is 2.42. The summed E-state index contributed by atoms with van der Waals surface area (Å²) >= 11 is 1.85. The van der Waals surface area contributed by atoms with E-state index in [4.69, 9.17) is 0 Å². The van der Waals surface area contributed by atoms with Gasteiger partial charge in [-0.3, -0.25) is 4.79 Å². The van der Waals surface area contributed by atoms with Crippen molar-refractivity contribution < 1.29 is 4.39 Å². The molecule has 2 aliphatic heterocycles. The third kappa shape index (κ3) is 3.15. The lowest BCUT2D eigenvalue weighted by Gasteiger charge is -2.27. The summed E-state index contributed by atoms with van der Waals surface area (Å²) in [5.41, 5.74) is 2.68. The number of aryl methyl sites for hydroxylation is 1. The van der Waals surface area contributed by atoms with Crippen LogP contribution in [0.4, 0.5) is 10.2 Å². The first-order valence-corrected chi connectivity index (χ1v) is 10.7. The zero-order valence-corrected chi connectivity index (χ0v) is 16.2. The van der Waals surface area contributed by atoms with Crippen molar-refractivity contribution in [3.63, 3.8) is 0 Å². The van der Waals surface area contributed by atoms with Crippen LogP contribution in [0.5, 0.6) is 0 Å². The number of nitrogens with zero attached hydrogens (tertiary/aromatic N) is 5. The van der Waals surface area contributed by atoms with E-state index in [1.54, 1.807) is 16.8 Å². The van der Waals surface area contributed by atoms with Crippen LogP contribution in [-0.4, -0.2) is 38.1 Å². The van der Waals surface area contributed by atoms with Crippen LogP contribution in [0.25, 0.3) is 10.9 Å². The first kappa shape index (κ1) is 17.6. The number of benzene rings is 1. The van der Waals surface area contributed by atoms with Gasteiger partial charge < -0.3 is 4.90 Å². The third-order valence-electron chi connectivity index (χ3n) is 5.52. The fourth-order valence-corrected chi connectivity index (χ4v) is 5.08. The molecule has 1 aromatic carbocycles. The van der Waals surface area contributed by atoms with E-state index in [2.05, 4.69) is 20.0 Å². The van der Waals surface area contributed by atoms with Crippen molar-refractivity contribution in [3.8, 4) is 0 Å². The molecule has 6 nitrogen and oxygen atoms in total. The van der Waals surface area contributed by atoms with Crippen molar-refractivity contribution in [1.29, 1.82) is 0 Å². The minimum Gasteiger partial charge on any atom is -0.351 e. The Kier molecular flexibility index (Phi) is 4.50. The van der Waals surface area contributed by atoms with Gasteiger partial charge in [-0.2, -0.15) is 16.9 Å². The Morgan fingerprint density at radius 3 is 3.11 bits per heavy atom. The van der Waals surface area contributed by atoms with Gasteiger partial charge in [0.25, 0.3) is 5.56 Å². The Bertz CT molecular complexity index is 1100. The average Bonchev–Trinajstić information content (AvgIpc) is 3.16. The standard InChI is InChI=1S/C20H20FN5OS/c21-14-3-4-16-18(9-14)22-12-23-20(16)25-6-1-2-15(25)10-26-19(27)8-13-11-28-7-5-17(13)24-26/h3-4,8-9,12,15H,1-2,5-7,10-11H2. The molecule has 0 aliphatic carbocycles. The monoisotopic (exact) mass is 397 g/mol. The highest BCUT2D eigenvalue weighted by Gasteiger charge is 2.28. The summed E-state index contributed by atoms with van der Waals surface area (Å²) in [7, 11) is 0. The SMILES string of the molecule is O=c1cc2c(nn1CC1CCCN1c1ncnc3cc(F)ccc13)CCSC2. The fraction of sp³-hybridized carbons (Fsp3) is 0.400. The van der Waals surface area contributed by atoms with Gasteiger partial charge in [0.2, 0.25) is 0 Å². The van der Waals surface area contributed by atoms with Crippen LogP contribution in [0.1, 0.15) is 24.1 Å². The van der Waals surface area contributed by atoms with Gasteiger partial charge in [0.1, 0.15) is 18.0 Å².